The van der Waals surface area contributed by atoms with E-state index in [1.807, 2.05) is 6.07 Å². The number of fused-ring (bicyclic) bond motifs is 1. The van der Waals surface area contributed by atoms with Crippen molar-refractivity contribution in [1.29, 1.82) is 0 Å². The van der Waals surface area contributed by atoms with Gasteiger partial charge in [-0.15, -0.1) is 24.0 Å². The molecule has 0 bridgehead atoms. The molecule has 1 heterocycles. The summed E-state index contributed by atoms with van der Waals surface area (Å²) < 4.78 is 7.36. The Morgan fingerprint density at radius 1 is 1.22 bits per heavy atom. The Labute approximate surface area is 179 Å². The number of methoxy groups -OCH3 is 1. The van der Waals surface area contributed by atoms with Crippen LogP contribution in [0.4, 0.5) is 0 Å². The lowest BCUT2D eigenvalue weighted by molar-refractivity contribution is 0.162. The van der Waals surface area contributed by atoms with Crippen molar-refractivity contribution in [2.24, 2.45) is 4.99 Å². The molecular weight excluding hydrogens is 455 g/mol. The molecule has 0 unspecified atom stereocenters. The molecule has 0 fully saturated rings. The van der Waals surface area contributed by atoms with E-state index in [0.29, 0.717) is 0 Å². The topological polar surface area (TPSA) is 66.7 Å². The van der Waals surface area contributed by atoms with Gasteiger partial charge in [0, 0.05) is 46.9 Å². The van der Waals surface area contributed by atoms with Crippen LogP contribution in [0.25, 0.3) is 11.0 Å². The number of aryl methyl sites for hydroxylation is 2. The number of nitrogens with zero attached hydrogens (tertiary/aromatic N) is 4. The SMILES string of the molecule is CN=C(NCCCn1c(C)nc2ccccc21)NCCN(C)CCOC.I. The normalized spacial score (nSPS) is 11.7. The van der Waals surface area contributed by atoms with Crippen LogP contribution in [0.3, 0.4) is 0 Å². The average molecular weight is 488 g/mol. The zero-order chi connectivity index (χ0) is 18.8. The molecule has 0 aliphatic rings. The quantitative estimate of drug-likeness (QED) is 0.232. The molecule has 1 aromatic carbocycles. The van der Waals surface area contributed by atoms with E-state index in [0.717, 1.165) is 63.1 Å². The van der Waals surface area contributed by atoms with Crippen LogP contribution in [0.2, 0.25) is 0 Å². The van der Waals surface area contributed by atoms with E-state index in [9.17, 15) is 0 Å². The van der Waals surface area contributed by atoms with E-state index in [4.69, 9.17) is 4.74 Å². The number of para-hydroxylation sites is 2. The minimum absolute atomic E-state index is 0. The number of hydrogen-bond acceptors (Lipinski definition) is 4. The molecule has 0 spiro atoms. The van der Waals surface area contributed by atoms with Gasteiger partial charge in [-0.25, -0.2) is 4.98 Å². The highest BCUT2D eigenvalue weighted by atomic mass is 127. The number of ether oxygens (including phenoxy) is 1. The van der Waals surface area contributed by atoms with E-state index in [-0.39, 0.29) is 24.0 Å². The standard InChI is InChI=1S/C19H32N6O.HI/c1-16-23-17-8-5-6-9-18(17)25(16)12-7-10-21-19(20-2)22-11-13-24(3)14-15-26-4;/h5-6,8-9H,7,10-15H2,1-4H3,(H2,20,21,22);1H. The third-order valence-corrected chi connectivity index (χ3v) is 4.38. The molecule has 152 valence electrons. The van der Waals surface area contributed by atoms with Crippen molar-refractivity contribution in [1.82, 2.24) is 25.1 Å². The van der Waals surface area contributed by atoms with Crippen LogP contribution in [0, 0.1) is 6.92 Å². The van der Waals surface area contributed by atoms with E-state index < -0.39 is 0 Å². The maximum atomic E-state index is 5.09. The first-order valence-electron chi connectivity index (χ1n) is 9.19. The van der Waals surface area contributed by atoms with Gasteiger partial charge < -0.3 is 24.8 Å². The number of aliphatic imine (C=N–C) groups is 1. The number of nitrogens with one attached hydrogen (secondary N) is 2. The molecule has 2 N–H and O–H groups in total. The maximum absolute atomic E-state index is 5.09. The number of benzene rings is 1. The number of rotatable bonds is 10. The zero-order valence-corrected chi connectivity index (χ0v) is 19.2. The Bertz CT molecular complexity index is 703. The molecule has 27 heavy (non-hydrogen) atoms. The minimum Gasteiger partial charge on any atom is -0.383 e. The summed E-state index contributed by atoms with van der Waals surface area (Å²) in [7, 11) is 5.62. The van der Waals surface area contributed by atoms with Crippen molar-refractivity contribution >= 4 is 41.0 Å². The molecule has 7 nitrogen and oxygen atoms in total. The van der Waals surface area contributed by atoms with Gasteiger partial charge in [0.15, 0.2) is 5.96 Å². The van der Waals surface area contributed by atoms with Crippen molar-refractivity contribution in [2.75, 3.05) is 54.0 Å². The molecular formula is C19H33IN6O. The van der Waals surface area contributed by atoms with Gasteiger partial charge in [0.25, 0.3) is 0 Å². The van der Waals surface area contributed by atoms with Gasteiger partial charge in [-0.3, -0.25) is 4.99 Å². The van der Waals surface area contributed by atoms with Gasteiger partial charge in [0.05, 0.1) is 17.6 Å². The van der Waals surface area contributed by atoms with Crippen LogP contribution in [-0.2, 0) is 11.3 Å². The third kappa shape index (κ3) is 7.63. The number of imidazole rings is 1. The Hall–Kier alpha value is -1.39. The molecule has 2 rings (SSSR count). The first kappa shape index (κ1) is 23.6. The first-order chi connectivity index (χ1) is 12.7. The van der Waals surface area contributed by atoms with E-state index in [1.54, 1.807) is 14.2 Å². The molecule has 0 amide bonds. The summed E-state index contributed by atoms with van der Waals surface area (Å²) in [6.07, 6.45) is 1.01. The summed E-state index contributed by atoms with van der Waals surface area (Å²) in [5, 5.41) is 6.73. The van der Waals surface area contributed by atoms with E-state index in [2.05, 4.69) is 62.2 Å². The molecule has 8 heteroatoms. The smallest absolute Gasteiger partial charge is 0.191 e. The van der Waals surface area contributed by atoms with Gasteiger partial charge in [-0.2, -0.15) is 0 Å². The minimum atomic E-state index is 0. The highest BCUT2D eigenvalue weighted by Crippen LogP contribution is 2.15. The summed E-state index contributed by atoms with van der Waals surface area (Å²) in [5.41, 5.74) is 2.26. The average Bonchev–Trinajstić information content (AvgIpc) is 2.97. The fraction of sp³-hybridized carbons (Fsp3) is 0.579. The summed E-state index contributed by atoms with van der Waals surface area (Å²) in [6.45, 7) is 7.36. The monoisotopic (exact) mass is 488 g/mol. The lowest BCUT2D eigenvalue weighted by Crippen LogP contribution is -2.41. The van der Waals surface area contributed by atoms with E-state index >= 15 is 0 Å². The fourth-order valence-electron chi connectivity index (χ4n) is 2.87. The summed E-state index contributed by atoms with van der Waals surface area (Å²) >= 11 is 0. The largest absolute Gasteiger partial charge is 0.383 e. The van der Waals surface area contributed by atoms with Gasteiger partial charge in [0.2, 0.25) is 0 Å². The van der Waals surface area contributed by atoms with Gasteiger partial charge in [0.1, 0.15) is 5.82 Å². The third-order valence-electron chi connectivity index (χ3n) is 4.38. The molecule has 0 atom stereocenters. The summed E-state index contributed by atoms with van der Waals surface area (Å²) in [6, 6.07) is 8.28. The van der Waals surface area contributed by atoms with E-state index in [1.165, 1.54) is 5.52 Å². The van der Waals surface area contributed by atoms with Crippen molar-refractivity contribution < 1.29 is 4.74 Å². The van der Waals surface area contributed by atoms with Gasteiger partial charge in [-0.1, -0.05) is 12.1 Å². The second-order valence-electron chi connectivity index (χ2n) is 6.37. The maximum Gasteiger partial charge on any atom is 0.191 e. The van der Waals surface area contributed by atoms with Crippen LogP contribution >= 0.6 is 24.0 Å². The van der Waals surface area contributed by atoms with Crippen LogP contribution in [0.15, 0.2) is 29.3 Å². The number of hydrogen-bond donors (Lipinski definition) is 2. The summed E-state index contributed by atoms with van der Waals surface area (Å²) in [4.78, 5) is 11.1. The molecule has 0 aliphatic heterocycles. The molecule has 0 aliphatic carbocycles. The van der Waals surface area contributed by atoms with Crippen molar-refractivity contribution in [2.45, 2.75) is 19.9 Å². The van der Waals surface area contributed by atoms with Crippen LogP contribution in [0.5, 0.6) is 0 Å². The second kappa shape index (κ2) is 12.9. The van der Waals surface area contributed by atoms with Crippen molar-refractivity contribution in [3.8, 4) is 0 Å². The number of halogens is 1. The number of guanidine groups is 1. The van der Waals surface area contributed by atoms with Gasteiger partial charge in [-0.05, 0) is 32.5 Å². The highest BCUT2D eigenvalue weighted by Gasteiger charge is 2.06. The number of likely N-dealkylation sites (N-methyl/N-ethyl adjacent to an activating group) is 1. The Morgan fingerprint density at radius 3 is 2.70 bits per heavy atom. The Kier molecular flexibility index (Phi) is 11.3. The van der Waals surface area contributed by atoms with Crippen molar-refractivity contribution in [3.63, 3.8) is 0 Å². The van der Waals surface area contributed by atoms with Crippen LogP contribution < -0.4 is 10.6 Å². The Balaban J connectivity index is 0.00000364. The van der Waals surface area contributed by atoms with Crippen molar-refractivity contribution in [3.05, 3.63) is 30.1 Å². The summed E-state index contributed by atoms with van der Waals surface area (Å²) in [5.74, 6) is 1.91. The molecule has 2 aromatic rings. The lowest BCUT2D eigenvalue weighted by Gasteiger charge is -2.18. The number of aromatic nitrogens is 2. The second-order valence-corrected chi connectivity index (χ2v) is 6.37. The predicted octanol–water partition coefficient (Wildman–Crippen LogP) is 2.10. The van der Waals surface area contributed by atoms with Gasteiger partial charge >= 0.3 is 0 Å². The predicted molar refractivity (Wildman–Crippen MR) is 123 cm³/mol. The highest BCUT2D eigenvalue weighted by molar-refractivity contribution is 14.0. The molecule has 0 radical (unpaired) electrons. The van der Waals surface area contributed by atoms with Crippen LogP contribution in [0.1, 0.15) is 12.2 Å². The molecule has 0 saturated heterocycles. The van der Waals surface area contributed by atoms with Crippen LogP contribution in [-0.4, -0.2) is 74.4 Å². The molecule has 1 aromatic heterocycles. The fourth-order valence-corrected chi connectivity index (χ4v) is 2.87. The lowest BCUT2D eigenvalue weighted by atomic mass is 10.3. The zero-order valence-electron chi connectivity index (χ0n) is 16.9. The Morgan fingerprint density at radius 2 is 1.96 bits per heavy atom. The molecule has 0 saturated carbocycles. The first-order valence-corrected chi connectivity index (χ1v) is 9.19.